The number of nitrogens with zero attached hydrogens (tertiary/aromatic N) is 1. The van der Waals surface area contributed by atoms with Crippen LogP contribution < -0.4 is 0 Å². The van der Waals surface area contributed by atoms with Crippen molar-refractivity contribution in [3.8, 4) is 0 Å². The summed E-state index contributed by atoms with van der Waals surface area (Å²) in [6.45, 7) is 0.438. The number of halogens is 3. The highest BCUT2D eigenvalue weighted by Crippen LogP contribution is 2.35. The van der Waals surface area contributed by atoms with Crippen molar-refractivity contribution in [2.45, 2.75) is 25.3 Å². The minimum atomic E-state index is -4.73. The van der Waals surface area contributed by atoms with E-state index in [1.54, 1.807) is 0 Å². The molecule has 1 aromatic rings. The Bertz CT molecular complexity index is 364. The smallest absolute Gasteiger partial charge is 0.394 e. The molecule has 1 aromatic heterocycles. The van der Waals surface area contributed by atoms with Crippen LogP contribution in [0.15, 0.2) is 0 Å². The first kappa shape index (κ1) is 12.9. The summed E-state index contributed by atoms with van der Waals surface area (Å²) in [5.74, 6) is 0. The van der Waals surface area contributed by atoms with Crippen molar-refractivity contribution in [1.29, 1.82) is 0 Å². The Balaban J connectivity index is 3.17. The van der Waals surface area contributed by atoms with Crippen molar-refractivity contribution < 1.29 is 28.5 Å². The SMILES string of the molecule is Cc1[nH]nc(C(F)(F)F)c1C(O)C(O)CO. The van der Waals surface area contributed by atoms with Gasteiger partial charge >= 0.3 is 6.18 Å². The summed E-state index contributed by atoms with van der Waals surface area (Å²) in [6.07, 6.45) is -8.24. The van der Waals surface area contributed by atoms with Gasteiger partial charge in [0.25, 0.3) is 0 Å². The molecule has 0 fully saturated rings. The molecule has 0 aliphatic heterocycles. The number of aliphatic hydroxyl groups excluding tert-OH is 3. The highest BCUT2D eigenvalue weighted by atomic mass is 19.4. The second kappa shape index (κ2) is 4.40. The van der Waals surface area contributed by atoms with Gasteiger partial charge in [-0.3, -0.25) is 5.10 Å². The maximum atomic E-state index is 12.5. The largest absolute Gasteiger partial charge is 0.435 e. The second-order valence-corrected chi connectivity index (χ2v) is 3.30. The van der Waals surface area contributed by atoms with Crippen LogP contribution in [0.4, 0.5) is 13.2 Å². The van der Waals surface area contributed by atoms with Crippen LogP contribution in [0.1, 0.15) is 23.1 Å². The summed E-state index contributed by atoms with van der Waals surface area (Å²) in [5, 5.41) is 32.2. The van der Waals surface area contributed by atoms with Gasteiger partial charge in [-0.15, -0.1) is 0 Å². The molecule has 0 bridgehead atoms. The van der Waals surface area contributed by atoms with E-state index in [-0.39, 0.29) is 5.69 Å². The van der Waals surface area contributed by atoms with E-state index in [4.69, 9.17) is 10.2 Å². The molecule has 2 unspecified atom stereocenters. The third-order valence-corrected chi connectivity index (χ3v) is 2.11. The molecule has 4 N–H and O–H groups in total. The molecule has 1 rings (SSSR count). The van der Waals surface area contributed by atoms with E-state index in [2.05, 4.69) is 10.2 Å². The summed E-state index contributed by atoms with van der Waals surface area (Å²) in [6, 6.07) is 0. The molecule has 92 valence electrons. The quantitative estimate of drug-likeness (QED) is 0.604. The van der Waals surface area contributed by atoms with Crippen molar-refractivity contribution in [3.63, 3.8) is 0 Å². The van der Waals surface area contributed by atoms with Gasteiger partial charge in [-0.2, -0.15) is 18.3 Å². The molecule has 16 heavy (non-hydrogen) atoms. The molecule has 0 amide bonds. The molecule has 0 saturated carbocycles. The van der Waals surface area contributed by atoms with Crippen LogP contribution in [0, 0.1) is 6.92 Å². The number of hydrogen-bond acceptors (Lipinski definition) is 4. The molecule has 0 aliphatic rings. The van der Waals surface area contributed by atoms with Gasteiger partial charge in [0.05, 0.1) is 6.61 Å². The Kier molecular flexibility index (Phi) is 3.56. The van der Waals surface area contributed by atoms with Gasteiger partial charge in [-0.05, 0) is 6.92 Å². The van der Waals surface area contributed by atoms with Gasteiger partial charge in [0.15, 0.2) is 5.69 Å². The molecule has 5 nitrogen and oxygen atoms in total. The van der Waals surface area contributed by atoms with Gasteiger partial charge in [0.1, 0.15) is 12.2 Å². The number of alkyl halides is 3. The Hall–Kier alpha value is -1.12. The van der Waals surface area contributed by atoms with Gasteiger partial charge in [0.2, 0.25) is 0 Å². The minimum Gasteiger partial charge on any atom is -0.394 e. The fourth-order valence-corrected chi connectivity index (χ4v) is 1.31. The number of aryl methyl sites for hydroxylation is 1. The Morgan fingerprint density at radius 1 is 1.38 bits per heavy atom. The standard InChI is InChI=1S/C8H11F3N2O3/c1-3-5(6(16)4(15)2-14)7(13-12-3)8(9,10)11/h4,6,14-16H,2H2,1H3,(H,12,13). The molecule has 0 radical (unpaired) electrons. The van der Waals surface area contributed by atoms with E-state index < -0.39 is 36.2 Å². The van der Waals surface area contributed by atoms with Crippen LogP contribution >= 0.6 is 0 Å². The number of aromatic nitrogens is 2. The van der Waals surface area contributed by atoms with E-state index in [0.29, 0.717) is 0 Å². The van der Waals surface area contributed by atoms with E-state index in [9.17, 15) is 18.3 Å². The number of H-pyrrole nitrogens is 1. The predicted molar refractivity (Wildman–Crippen MR) is 46.4 cm³/mol. The zero-order chi connectivity index (χ0) is 12.5. The number of hydrogen-bond donors (Lipinski definition) is 4. The fraction of sp³-hybridized carbons (Fsp3) is 0.625. The zero-order valence-corrected chi connectivity index (χ0v) is 8.28. The first-order chi connectivity index (χ1) is 7.29. The second-order valence-electron chi connectivity index (χ2n) is 3.30. The van der Waals surface area contributed by atoms with Crippen molar-refractivity contribution in [3.05, 3.63) is 17.0 Å². The molecule has 2 atom stereocenters. The summed E-state index contributed by atoms with van der Waals surface area (Å²) in [5.41, 5.74) is -1.84. The minimum absolute atomic E-state index is 0.00711. The molecule has 0 aromatic carbocycles. The van der Waals surface area contributed by atoms with E-state index in [1.165, 1.54) is 6.92 Å². The van der Waals surface area contributed by atoms with Crippen LogP contribution in [-0.2, 0) is 6.18 Å². The topological polar surface area (TPSA) is 89.4 Å². The molecular formula is C8H11F3N2O3. The highest BCUT2D eigenvalue weighted by molar-refractivity contribution is 5.29. The fourth-order valence-electron chi connectivity index (χ4n) is 1.31. The first-order valence-corrected chi connectivity index (χ1v) is 4.38. The van der Waals surface area contributed by atoms with E-state index >= 15 is 0 Å². The molecule has 0 spiro atoms. The Morgan fingerprint density at radius 3 is 2.38 bits per heavy atom. The summed E-state index contributed by atoms with van der Waals surface area (Å²) in [4.78, 5) is 0. The summed E-state index contributed by atoms with van der Waals surface area (Å²) < 4.78 is 37.4. The van der Waals surface area contributed by atoms with E-state index in [0.717, 1.165) is 0 Å². The lowest BCUT2D eigenvalue weighted by Gasteiger charge is -2.17. The van der Waals surface area contributed by atoms with Crippen molar-refractivity contribution >= 4 is 0 Å². The maximum Gasteiger partial charge on any atom is 0.435 e. The molecule has 0 saturated heterocycles. The average Bonchev–Trinajstić information content (AvgIpc) is 2.57. The van der Waals surface area contributed by atoms with Crippen molar-refractivity contribution in [2.75, 3.05) is 6.61 Å². The normalized spacial score (nSPS) is 16.2. The monoisotopic (exact) mass is 240 g/mol. The zero-order valence-electron chi connectivity index (χ0n) is 8.28. The average molecular weight is 240 g/mol. The lowest BCUT2D eigenvalue weighted by molar-refractivity contribution is -0.143. The van der Waals surface area contributed by atoms with Gasteiger partial charge in [-0.1, -0.05) is 0 Å². The van der Waals surface area contributed by atoms with Crippen LogP contribution in [0.25, 0.3) is 0 Å². The van der Waals surface area contributed by atoms with Crippen molar-refractivity contribution in [2.24, 2.45) is 0 Å². The number of aromatic amines is 1. The highest BCUT2D eigenvalue weighted by Gasteiger charge is 2.40. The van der Waals surface area contributed by atoms with Gasteiger partial charge < -0.3 is 15.3 Å². The molecule has 0 aliphatic carbocycles. The van der Waals surface area contributed by atoms with E-state index in [1.807, 2.05) is 0 Å². The molecule has 1 heterocycles. The predicted octanol–water partition coefficient (Wildman–Crippen LogP) is 0.124. The van der Waals surface area contributed by atoms with Crippen LogP contribution in [0.2, 0.25) is 0 Å². The number of nitrogens with one attached hydrogen (secondary N) is 1. The lowest BCUT2D eigenvalue weighted by atomic mass is 10.0. The lowest BCUT2D eigenvalue weighted by Crippen LogP contribution is -2.24. The summed E-state index contributed by atoms with van der Waals surface area (Å²) in [7, 11) is 0. The summed E-state index contributed by atoms with van der Waals surface area (Å²) >= 11 is 0. The maximum absolute atomic E-state index is 12.5. The van der Waals surface area contributed by atoms with Crippen molar-refractivity contribution in [1.82, 2.24) is 10.2 Å². The van der Waals surface area contributed by atoms with Crippen LogP contribution in [0.3, 0.4) is 0 Å². The number of rotatable bonds is 3. The molecule has 8 heteroatoms. The molecular weight excluding hydrogens is 229 g/mol. The number of aliphatic hydroxyl groups is 3. The van der Waals surface area contributed by atoms with Crippen LogP contribution in [0.5, 0.6) is 0 Å². The first-order valence-electron chi connectivity index (χ1n) is 4.38. The Morgan fingerprint density at radius 2 is 1.94 bits per heavy atom. The van der Waals surface area contributed by atoms with Gasteiger partial charge in [0, 0.05) is 11.3 Å². The third-order valence-electron chi connectivity index (χ3n) is 2.11. The van der Waals surface area contributed by atoms with Crippen LogP contribution in [-0.4, -0.2) is 38.2 Å². The Labute approximate surface area is 88.5 Å². The third kappa shape index (κ3) is 2.34. The van der Waals surface area contributed by atoms with Gasteiger partial charge in [-0.25, -0.2) is 0 Å².